The Kier molecular flexibility index (Phi) is 3.85. The fourth-order valence-electron chi connectivity index (χ4n) is 1.81. The molecule has 0 saturated heterocycles. The molecule has 0 bridgehead atoms. The van der Waals surface area contributed by atoms with Crippen LogP contribution in [0.5, 0.6) is 0 Å². The van der Waals surface area contributed by atoms with Crippen molar-refractivity contribution in [3.8, 4) is 6.07 Å². The molecule has 0 saturated carbocycles. The summed E-state index contributed by atoms with van der Waals surface area (Å²) in [4.78, 5) is 16.2. The Morgan fingerprint density at radius 3 is 2.65 bits per heavy atom. The number of halogens is 2. The molecule has 1 atom stereocenters. The summed E-state index contributed by atoms with van der Waals surface area (Å²) in [6.45, 7) is 1.42. The van der Waals surface area contributed by atoms with E-state index in [2.05, 4.69) is 4.98 Å². The van der Waals surface area contributed by atoms with E-state index in [0.29, 0.717) is 6.07 Å². The lowest BCUT2D eigenvalue weighted by Crippen LogP contribution is -2.14. The zero-order valence-electron chi connectivity index (χ0n) is 10.6. The standard InChI is InChI=1S/C15H10F2N2O/c1-9-6-10(13(17)7-12(9)16)15(20)11(8-18)14-4-2-3-5-19-14/h2-7,11H,1H3. The molecule has 0 aliphatic heterocycles. The molecule has 20 heavy (non-hydrogen) atoms. The number of Topliss-reactive ketones (excluding diaryl/α,β-unsaturated/α-hetero) is 1. The highest BCUT2D eigenvalue weighted by Gasteiger charge is 2.26. The number of rotatable bonds is 3. The first-order valence-electron chi connectivity index (χ1n) is 5.85. The molecule has 1 aromatic heterocycles. The van der Waals surface area contributed by atoms with E-state index in [0.717, 1.165) is 6.07 Å². The van der Waals surface area contributed by atoms with E-state index in [9.17, 15) is 13.6 Å². The minimum absolute atomic E-state index is 0.146. The number of nitriles is 1. The predicted octanol–water partition coefficient (Wildman–Crippen LogP) is 3.16. The lowest BCUT2D eigenvalue weighted by atomic mass is 9.94. The SMILES string of the molecule is Cc1cc(C(=O)C(C#N)c2ccccn2)c(F)cc1F. The molecule has 0 aliphatic rings. The first kappa shape index (κ1) is 13.8. The molecule has 1 heterocycles. The minimum atomic E-state index is -1.21. The van der Waals surface area contributed by atoms with Gasteiger partial charge in [0.1, 0.15) is 11.6 Å². The molecule has 0 amide bonds. The number of aryl methyl sites for hydroxylation is 1. The van der Waals surface area contributed by atoms with Gasteiger partial charge in [-0.1, -0.05) is 6.07 Å². The molecule has 1 aromatic carbocycles. The van der Waals surface area contributed by atoms with Gasteiger partial charge in [0, 0.05) is 12.3 Å². The minimum Gasteiger partial charge on any atom is -0.292 e. The number of carbonyl (C=O) groups is 1. The van der Waals surface area contributed by atoms with Crippen LogP contribution in [0.1, 0.15) is 27.5 Å². The molecule has 0 radical (unpaired) electrons. The van der Waals surface area contributed by atoms with E-state index >= 15 is 0 Å². The van der Waals surface area contributed by atoms with E-state index in [-0.39, 0.29) is 16.8 Å². The van der Waals surface area contributed by atoms with Crippen LogP contribution in [-0.4, -0.2) is 10.8 Å². The fraction of sp³-hybridized carbons (Fsp3) is 0.133. The van der Waals surface area contributed by atoms with Crippen LogP contribution in [0.15, 0.2) is 36.5 Å². The van der Waals surface area contributed by atoms with Crippen molar-refractivity contribution >= 4 is 5.78 Å². The summed E-state index contributed by atoms with van der Waals surface area (Å²) in [7, 11) is 0. The molecule has 0 spiro atoms. The zero-order chi connectivity index (χ0) is 14.7. The Labute approximate surface area is 114 Å². The van der Waals surface area contributed by atoms with Crippen molar-refractivity contribution in [2.45, 2.75) is 12.8 Å². The third kappa shape index (κ3) is 2.54. The van der Waals surface area contributed by atoms with E-state index in [1.807, 2.05) is 0 Å². The maximum Gasteiger partial charge on any atom is 0.189 e. The second-order valence-corrected chi connectivity index (χ2v) is 4.26. The van der Waals surface area contributed by atoms with Crippen LogP contribution >= 0.6 is 0 Å². The topological polar surface area (TPSA) is 53.8 Å². The van der Waals surface area contributed by atoms with Gasteiger partial charge >= 0.3 is 0 Å². The molecule has 2 rings (SSSR count). The molecular weight excluding hydrogens is 262 g/mol. The smallest absolute Gasteiger partial charge is 0.189 e. The van der Waals surface area contributed by atoms with E-state index < -0.39 is 23.3 Å². The highest BCUT2D eigenvalue weighted by molar-refractivity contribution is 6.02. The second-order valence-electron chi connectivity index (χ2n) is 4.26. The monoisotopic (exact) mass is 272 g/mol. The van der Waals surface area contributed by atoms with Crippen LogP contribution in [0, 0.1) is 29.9 Å². The van der Waals surface area contributed by atoms with Gasteiger partial charge in [-0.15, -0.1) is 0 Å². The quantitative estimate of drug-likeness (QED) is 0.806. The largest absolute Gasteiger partial charge is 0.292 e. The van der Waals surface area contributed by atoms with E-state index in [1.54, 1.807) is 18.2 Å². The van der Waals surface area contributed by atoms with Gasteiger partial charge in [-0.2, -0.15) is 5.26 Å². The molecule has 100 valence electrons. The predicted molar refractivity (Wildman–Crippen MR) is 68.0 cm³/mol. The normalized spacial score (nSPS) is 11.7. The number of hydrogen-bond donors (Lipinski definition) is 0. The Morgan fingerprint density at radius 1 is 1.30 bits per heavy atom. The Hall–Kier alpha value is -2.61. The number of ketones is 1. The Bertz CT molecular complexity index is 693. The van der Waals surface area contributed by atoms with Gasteiger partial charge in [-0.3, -0.25) is 9.78 Å². The molecular formula is C15H10F2N2O. The number of pyridine rings is 1. The van der Waals surface area contributed by atoms with Crippen LogP contribution in [-0.2, 0) is 0 Å². The van der Waals surface area contributed by atoms with Crippen molar-refractivity contribution in [1.29, 1.82) is 5.26 Å². The van der Waals surface area contributed by atoms with Crippen LogP contribution in [0.4, 0.5) is 8.78 Å². The van der Waals surface area contributed by atoms with Gasteiger partial charge in [0.15, 0.2) is 11.7 Å². The molecule has 0 aliphatic carbocycles. The van der Waals surface area contributed by atoms with Crippen molar-refractivity contribution < 1.29 is 13.6 Å². The summed E-state index contributed by atoms with van der Waals surface area (Å²) in [5.74, 6) is -3.65. The molecule has 1 unspecified atom stereocenters. The van der Waals surface area contributed by atoms with Crippen LogP contribution in [0.3, 0.4) is 0 Å². The maximum atomic E-state index is 13.7. The summed E-state index contributed by atoms with van der Waals surface area (Å²) in [6, 6.07) is 8.35. The first-order chi connectivity index (χ1) is 9.54. The average Bonchev–Trinajstić information content (AvgIpc) is 2.44. The number of benzene rings is 1. The summed E-state index contributed by atoms with van der Waals surface area (Å²) in [6.07, 6.45) is 1.44. The van der Waals surface area contributed by atoms with Crippen LogP contribution in [0.2, 0.25) is 0 Å². The number of nitrogens with zero attached hydrogens (tertiary/aromatic N) is 2. The van der Waals surface area contributed by atoms with E-state index in [1.165, 1.54) is 19.2 Å². The van der Waals surface area contributed by atoms with Gasteiger partial charge in [-0.25, -0.2) is 8.78 Å². The number of hydrogen-bond acceptors (Lipinski definition) is 3. The Balaban J connectivity index is 2.45. The molecule has 0 fully saturated rings. The summed E-state index contributed by atoms with van der Waals surface area (Å²) < 4.78 is 26.9. The molecule has 0 N–H and O–H groups in total. The maximum absolute atomic E-state index is 13.7. The van der Waals surface area contributed by atoms with Crippen molar-refractivity contribution in [3.63, 3.8) is 0 Å². The summed E-state index contributed by atoms with van der Waals surface area (Å²) in [5.41, 5.74) is 0.0786. The highest BCUT2D eigenvalue weighted by atomic mass is 19.1. The van der Waals surface area contributed by atoms with Gasteiger partial charge < -0.3 is 0 Å². The van der Waals surface area contributed by atoms with Crippen LogP contribution < -0.4 is 0 Å². The molecule has 5 heteroatoms. The summed E-state index contributed by atoms with van der Waals surface area (Å²) >= 11 is 0. The third-order valence-corrected chi connectivity index (χ3v) is 2.89. The third-order valence-electron chi connectivity index (χ3n) is 2.89. The van der Waals surface area contributed by atoms with Gasteiger partial charge in [-0.05, 0) is 30.7 Å². The molecule has 3 nitrogen and oxygen atoms in total. The van der Waals surface area contributed by atoms with Crippen LogP contribution in [0.25, 0.3) is 0 Å². The lowest BCUT2D eigenvalue weighted by Gasteiger charge is -2.09. The highest BCUT2D eigenvalue weighted by Crippen LogP contribution is 2.22. The van der Waals surface area contributed by atoms with Crippen molar-refractivity contribution in [2.75, 3.05) is 0 Å². The summed E-state index contributed by atoms with van der Waals surface area (Å²) in [5, 5.41) is 9.12. The van der Waals surface area contributed by atoms with Crippen molar-refractivity contribution in [3.05, 3.63) is 65.0 Å². The average molecular weight is 272 g/mol. The van der Waals surface area contributed by atoms with Crippen molar-refractivity contribution in [2.24, 2.45) is 0 Å². The van der Waals surface area contributed by atoms with Gasteiger partial charge in [0.2, 0.25) is 0 Å². The van der Waals surface area contributed by atoms with Gasteiger partial charge in [0.05, 0.1) is 17.3 Å². The molecule has 2 aromatic rings. The van der Waals surface area contributed by atoms with Gasteiger partial charge in [0.25, 0.3) is 0 Å². The zero-order valence-corrected chi connectivity index (χ0v) is 10.6. The Morgan fingerprint density at radius 2 is 2.05 bits per heavy atom. The lowest BCUT2D eigenvalue weighted by molar-refractivity contribution is 0.0973. The number of aromatic nitrogens is 1. The fourth-order valence-corrected chi connectivity index (χ4v) is 1.81. The number of carbonyl (C=O) groups excluding carboxylic acids is 1. The second kappa shape index (κ2) is 5.57. The van der Waals surface area contributed by atoms with Crippen molar-refractivity contribution in [1.82, 2.24) is 4.98 Å². The van der Waals surface area contributed by atoms with E-state index in [4.69, 9.17) is 5.26 Å². The first-order valence-corrected chi connectivity index (χ1v) is 5.85.